The van der Waals surface area contributed by atoms with Crippen molar-refractivity contribution in [3.63, 3.8) is 0 Å². The molecule has 1 aromatic rings. The summed E-state index contributed by atoms with van der Waals surface area (Å²) in [6.45, 7) is 12.0. The van der Waals surface area contributed by atoms with Crippen molar-refractivity contribution in [2.24, 2.45) is 11.7 Å². The molecule has 1 unspecified atom stereocenters. The molecule has 10 heteroatoms. The number of carbonyl (C=O) groups excluding carboxylic acids is 4. The van der Waals surface area contributed by atoms with Crippen LogP contribution in [0.15, 0.2) is 24.3 Å². The minimum Gasteiger partial charge on any atom is -0.494 e. The number of ether oxygens (including phenoxy) is 2. The van der Waals surface area contributed by atoms with Crippen LogP contribution < -0.4 is 26.4 Å². The first-order chi connectivity index (χ1) is 16.7. The van der Waals surface area contributed by atoms with E-state index in [0.717, 1.165) is 18.8 Å². The van der Waals surface area contributed by atoms with Crippen LogP contribution in [-0.2, 0) is 19.1 Å². The zero-order chi connectivity index (χ0) is 27.1. The van der Waals surface area contributed by atoms with E-state index in [1.807, 2.05) is 12.1 Å². The van der Waals surface area contributed by atoms with Gasteiger partial charge in [0.25, 0.3) is 0 Å². The summed E-state index contributed by atoms with van der Waals surface area (Å²) in [4.78, 5) is 44.4. The van der Waals surface area contributed by atoms with Crippen LogP contribution in [0.5, 0.6) is 5.75 Å². The van der Waals surface area contributed by atoms with Crippen LogP contribution in [0, 0.1) is 12.8 Å². The monoisotopic (exact) mass is 496 g/mol. The molecule has 1 rings (SSSR count). The predicted molar refractivity (Wildman–Crippen MR) is 137 cm³/mol. The largest absolute Gasteiger partial charge is 0.494 e. The van der Waals surface area contributed by atoms with Gasteiger partial charge in [0, 0.05) is 0 Å². The fourth-order valence-electron chi connectivity index (χ4n) is 2.26. The number of unbranched alkanes of at least 4 members (excludes halogenated alkanes) is 1. The van der Waals surface area contributed by atoms with Gasteiger partial charge in [0.2, 0.25) is 11.8 Å². The van der Waals surface area contributed by atoms with Gasteiger partial charge in [-0.05, 0) is 31.4 Å². The molecule has 0 saturated carbocycles. The molecule has 0 aliphatic rings. The lowest BCUT2D eigenvalue weighted by molar-refractivity contribution is -0.130. The first kappa shape index (κ1) is 34.0. The Morgan fingerprint density at radius 2 is 1.66 bits per heavy atom. The first-order valence-corrected chi connectivity index (χ1v) is 12.0. The Labute approximate surface area is 209 Å². The van der Waals surface area contributed by atoms with Gasteiger partial charge in [-0.1, -0.05) is 65.2 Å². The molecule has 1 atom stereocenters. The highest BCUT2D eigenvalue weighted by molar-refractivity contribution is 5.90. The highest BCUT2D eigenvalue weighted by atomic mass is 16.6. The lowest BCUT2D eigenvalue weighted by atomic mass is 10.0. The molecule has 5 N–H and O–H groups in total. The summed E-state index contributed by atoms with van der Waals surface area (Å²) in [5.74, 6) is -0.223. The zero-order valence-corrected chi connectivity index (χ0v) is 22.0. The van der Waals surface area contributed by atoms with Crippen molar-refractivity contribution in [1.29, 1.82) is 0 Å². The van der Waals surface area contributed by atoms with E-state index in [2.05, 4.69) is 60.5 Å². The third-order valence-corrected chi connectivity index (χ3v) is 4.02. The van der Waals surface area contributed by atoms with Crippen molar-refractivity contribution in [2.75, 3.05) is 26.4 Å². The van der Waals surface area contributed by atoms with Gasteiger partial charge in [-0.3, -0.25) is 15.3 Å². The molecule has 35 heavy (non-hydrogen) atoms. The molecule has 1 aromatic carbocycles. The van der Waals surface area contributed by atoms with E-state index in [-0.39, 0.29) is 25.7 Å². The number of carbonyl (C=O) groups is 4. The lowest BCUT2D eigenvalue weighted by Crippen LogP contribution is -2.52. The van der Waals surface area contributed by atoms with Crippen LogP contribution in [0.2, 0.25) is 0 Å². The molecule has 3 amide bonds. The smallest absolute Gasteiger partial charge is 0.408 e. The van der Waals surface area contributed by atoms with Crippen LogP contribution in [0.4, 0.5) is 4.79 Å². The highest BCUT2D eigenvalue weighted by Gasteiger charge is 2.23. The molecular weight excluding hydrogens is 452 g/mol. The van der Waals surface area contributed by atoms with E-state index < -0.39 is 23.9 Å². The van der Waals surface area contributed by atoms with E-state index in [1.165, 1.54) is 18.4 Å². The Morgan fingerprint density at radius 1 is 1.06 bits per heavy atom. The van der Waals surface area contributed by atoms with Crippen LogP contribution in [0.1, 0.15) is 59.4 Å². The maximum atomic E-state index is 11.7. The quantitative estimate of drug-likeness (QED) is 0.197. The van der Waals surface area contributed by atoms with Gasteiger partial charge in [-0.15, -0.1) is 0 Å². The third-order valence-electron chi connectivity index (χ3n) is 4.02. The van der Waals surface area contributed by atoms with Gasteiger partial charge in [-0.2, -0.15) is 0 Å². The maximum Gasteiger partial charge on any atom is 0.408 e. The van der Waals surface area contributed by atoms with Gasteiger partial charge >= 0.3 is 6.09 Å². The molecule has 0 aliphatic carbocycles. The molecule has 10 nitrogen and oxygen atoms in total. The van der Waals surface area contributed by atoms with Gasteiger partial charge < -0.3 is 30.2 Å². The Balaban J connectivity index is 0. The number of rotatable bonds is 12. The van der Waals surface area contributed by atoms with Gasteiger partial charge in [0.15, 0.2) is 0 Å². The minimum absolute atomic E-state index is 0.126. The second-order valence-corrected chi connectivity index (χ2v) is 7.88. The Bertz CT molecular complexity index is 710. The SMILES string of the molecule is CC(C)C(NC(=O)CNC(=O)OCN)C(=O)NCC=O.CCC.CCCCOc1ccc(C)cc1. The van der Waals surface area contributed by atoms with Crippen LogP contribution in [-0.4, -0.2) is 56.7 Å². The number of aldehydes is 1. The Morgan fingerprint density at radius 3 is 2.14 bits per heavy atom. The normalized spacial score (nSPS) is 10.4. The van der Waals surface area contributed by atoms with Crippen LogP contribution >= 0.6 is 0 Å². The van der Waals surface area contributed by atoms with Crippen LogP contribution in [0.3, 0.4) is 0 Å². The van der Waals surface area contributed by atoms with Crippen molar-refractivity contribution in [3.8, 4) is 5.75 Å². The van der Waals surface area contributed by atoms with Crippen molar-refractivity contribution in [1.82, 2.24) is 16.0 Å². The van der Waals surface area contributed by atoms with E-state index in [1.54, 1.807) is 13.8 Å². The average Bonchev–Trinajstić information content (AvgIpc) is 2.82. The topological polar surface area (TPSA) is 149 Å². The maximum absolute atomic E-state index is 11.7. The molecule has 0 radical (unpaired) electrons. The number of amides is 3. The summed E-state index contributed by atoms with van der Waals surface area (Å²) in [5, 5.41) is 6.98. The summed E-state index contributed by atoms with van der Waals surface area (Å²) in [7, 11) is 0. The van der Waals surface area contributed by atoms with Crippen molar-refractivity contribution >= 4 is 24.2 Å². The lowest BCUT2D eigenvalue weighted by Gasteiger charge is -2.21. The fraction of sp³-hybridized carbons (Fsp3) is 0.600. The van der Waals surface area contributed by atoms with Crippen molar-refractivity contribution in [2.45, 2.75) is 66.8 Å². The van der Waals surface area contributed by atoms with Gasteiger partial charge in [0.05, 0.1) is 13.2 Å². The summed E-state index contributed by atoms with van der Waals surface area (Å²) in [6, 6.07) is 7.38. The highest BCUT2D eigenvalue weighted by Crippen LogP contribution is 2.11. The summed E-state index contributed by atoms with van der Waals surface area (Å²) < 4.78 is 9.88. The Kier molecular flexibility index (Phi) is 22.0. The number of benzene rings is 1. The number of aryl methyl sites for hydroxylation is 1. The molecule has 200 valence electrons. The van der Waals surface area contributed by atoms with E-state index in [9.17, 15) is 19.2 Å². The summed E-state index contributed by atoms with van der Waals surface area (Å²) in [6.07, 6.45) is 3.29. The van der Waals surface area contributed by atoms with E-state index in [0.29, 0.717) is 6.29 Å². The molecule has 0 aromatic heterocycles. The molecule has 0 fully saturated rings. The molecule has 0 saturated heterocycles. The van der Waals surface area contributed by atoms with Gasteiger partial charge in [0.1, 0.15) is 31.4 Å². The molecular formula is C25H44N4O6. The number of alkyl carbamates (subject to hydrolysis) is 1. The standard InChI is InChI=1S/C11H20N4O5.C11H16O.C3H8/c1-7(2)9(10(18)13-3-4-16)15-8(17)5-14-11(19)20-6-12;1-3-4-9-12-11-7-5-10(2)6-8-11;1-3-2/h4,7,9H,3,5-6,12H2,1-2H3,(H,13,18)(H,14,19)(H,15,17);5-8H,3-4,9H2,1-2H3;3H2,1-2H3. The second-order valence-electron chi connectivity index (χ2n) is 7.88. The van der Waals surface area contributed by atoms with Crippen molar-refractivity contribution in [3.05, 3.63) is 29.8 Å². The molecule has 0 bridgehead atoms. The zero-order valence-electron chi connectivity index (χ0n) is 22.0. The number of hydrogen-bond donors (Lipinski definition) is 4. The third kappa shape index (κ3) is 20.0. The predicted octanol–water partition coefficient (Wildman–Crippen LogP) is 2.67. The first-order valence-electron chi connectivity index (χ1n) is 12.0. The number of nitrogens with two attached hydrogens (primary N) is 1. The van der Waals surface area contributed by atoms with Gasteiger partial charge in [-0.25, -0.2) is 4.79 Å². The summed E-state index contributed by atoms with van der Waals surface area (Å²) in [5.41, 5.74) is 6.25. The second kappa shape index (κ2) is 22.6. The summed E-state index contributed by atoms with van der Waals surface area (Å²) >= 11 is 0. The fourth-order valence-corrected chi connectivity index (χ4v) is 2.26. The van der Waals surface area contributed by atoms with Crippen LogP contribution in [0.25, 0.3) is 0 Å². The number of hydrogen-bond acceptors (Lipinski definition) is 7. The number of nitrogens with one attached hydrogen (secondary N) is 3. The minimum atomic E-state index is -0.825. The van der Waals surface area contributed by atoms with E-state index >= 15 is 0 Å². The van der Waals surface area contributed by atoms with E-state index in [4.69, 9.17) is 10.5 Å². The van der Waals surface area contributed by atoms with Crippen molar-refractivity contribution < 1.29 is 28.7 Å². The Hall–Kier alpha value is -3.14. The molecule has 0 aliphatic heterocycles. The molecule has 0 spiro atoms. The average molecular weight is 497 g/mol. The molecule has 0 heterocycles.